The molecule has 0 aliphatic heterocycles. The van der Waals surface area contributed by atoms with E-state index >= 15 is 0 Å². The summed E-state index contributed by atoms with van der Waals surface area (Å²) in [5, 5.41) is 0. The van der Waals surface area contributed by atoms with E-state index in [-0.39, 0.29) is 6.17 Å². The molecule has 2 heteroatoms. The Kier molecular flexibility index (Phi) is 2.68. The highest BCUT2D eigenvalue weighted by Gasteiger charge is 2.09. The lowest BCUT2D eigenvalue weighted by Gasteiger charge is -2.04. The van der Waals surface area contributed by atoms with Crippen molar-refractivity contribution in [3.63, 3.8) is 0 Å². The van der Waals surface area contributed by atoms with Crippen LogP contribution < -0.4 is 0 Å². The van der Waals surface area contributed by atoms with Gasteiger partial charge in [-0.1, -0.05) is 11.8 Å². The largest absolute Gasteiger partial charge is 0.233 e. The predicted octanol–water partition coefficient (Wildman–Crippen LogP) is 2.40. The molecule has 0 N–H and O–H groups in total. The van der Waals surface area contributed by atoms with Crippen LogP contribution >= 0.6 is 0 Å². The van der Waals surface area contributed by atoms with E-state index in [4.69, 9.17) is 0 Å². The van der Waals surface area contributed by atoms with E-state index in [0.717, 1.165) is 12.8 Å². The summed E-state index contributed by atoms with van der Waals surface area (Å²) < 4.78 is 24.8. The first-order valence-corrected chi connectivity index (χ1v) is 3.46. The Balaban J connectivity index is 2.49. The third-order valence-corrected chi connectivity index (χ3v) is 1.47. The third-order valence-electron chi connectivity index (χ3n) is 1.47. The van der Waals surface area contributed by atoms with Gasteiger partial charge in [-0.05, 0) is 25.7 Å². The van der Waals surface area contributed by atoms with Crippen molar-refractivity contribution in [3.8, 4) is 11.8 Å². The summed E-state index contributed by atoms with van der Waals surface area (Å²) in [4.78, 5) is 0. The Hall–Kier alpha value is -0.580. The van der Waals surface area contributed by atoms with Gasteiger partial charge in [-0.25, -0.2) is 8.78 Å². The molecule has 0 amide bonds. The van der Waals surface area contributed by atoms with Gasteiger partial charge >= 0.3 is 0 Å². The summed E-state index contributed by atoms with van der Waals surface area (Å²) in [5.74, 6) is 4.36. The van der Waals surface area contributed by atoms with Crippen molar-refractivity contribution >= 4 is 0 Å². The van der Waals surface area contributed by atoms with E-state index in [1.807, 2.05) is 0 Å². The molecule has 0 spiro atoms. The minimum absolute atomic E-state index is 0.373. The SMILES string of the molecule is F[C]1C#CC(F)CCCC1. The topological polar surface area (TPSA) is 0 Å². The molecule has 1 atom stereocenters. The summed E-state index contributed by atoms with van der Waals surface area (Å²) in [6.07, 6.45) is 0.817. The van der Waals surface area contributed by atoms with E-state index in [1.54, 1.807) is 0 Å². The van der Waals surface area contributed by atoms with Gasteiger partial charge in [0, 0.05) is 0 Å². The average Bonchev–Trinajstić information content (AvgIpc) is 1.90. The quantitative estimate of drug-likeness (QED) is 0.457. The van der Waals surface area contributed by atoms with Crippen LogP contribution in [0.5, 0.6) is 0 Å². The molecule has 0 saturated carbocycles. The molecule has 0 bridgehead atoms. The number of hydrogen-bond donors (Lipinski definition) is 0. The minimum atomic E-state index is -1.12. The van der Waals surface area contributed by atoms with Gasteiger partial charge in [0.25, 0.3) is 0 Å². The molecule has 0 aromatic heterocycles. The first kappa shape index (κ1) is 7.53. The third kappa shape index (κ3) is 2.34. The van der Waals surface area contributed by atoms with Crippen molar-refractivity contribution in [1.82, 2.24) is 0 Å². The van der Waals surface area contributed by atoms with Gasteiger partial charge < -0.3 is 0 Å². The zero-order valence-electron chi connectivity index (χ0n) is 5.66. The standard InChI is InChI=1S/C8H9F2/c9-7-3-1-2-4-8(10)6-5-7/h7H,1-4H2. The monoisotopic (exact) mass is 143 g/mol. The maximum absolute atomic E-state index is 12.4. The van der Waals surface area contributed by atoms with Crippen LogP contribution in [0.3, 0.4) is 0 Å². The van der Waals surface area contributed by atoms with Crippen LogP contribution in [0.4, 0.5) is 8.78 Å². The van der Waals surface area contributed by atoms with E-state index in [1.165, 1.54) is 0 Å². The molecular formula is C8H9F2. The van der Waals surface area contributed by atoms with Gasteiger partial charge in [0.1, 0.15) is 0 Å². The number of alkyl halides is 1. The van der Waals surface area contributed by atoms with Gasteiger partial charge in [-0.2, -0.15) is 0 Å². The van der Waals surface area contributed by atoms with Gasteiger partial charge in [0.2, 0.25) is 6.17 Å². The molecule has 0 aromatic carbocycles. The molecule has 0 heterocycles. The second-order valence-electron chi connectivity index (χ2n) is 2.39. The molecule has 10 heavy (non-hydrogen) atoms. The van der Waals surface area contributed by atoms with Crippen molar-refractivity contribution < 1.29 is 8.78 Å². The summed E-state index contributed by atoms with van der Waals surface area (Å²) in [5.41, 5.74) is 0. The van der Waals surface area contributed by atoms with Crippen LogP contribution in [0.25, 0.3) is 0 Å². The van der Waals surface area contributed by atoms with Crippen LogP contribution in [0.1, 0.15) is 25.7 Å². The molecular weight excluding hydrogens is 134 g/mol. The van der Waals surface area contributed by atoms with Crippen LogP contribution in [0, 0.1) is 18.0 Å². The maximum atomic E-state index is 12.4. The molecule has 55 valence electrons. The number of hydrogen-bond acceptors (Lipinski definition) is 0. The molecule has 0 aromatic rings. The molecule has 1 aliphatic carbocycles. The Morgan fingerprint density at radius 1 is 1.40 bits per heavy atom. The van der Waals surface area contributed by atoms with Gasteiger partial charge in [-0.3, -0.25) is 0 Å². The molecule has 1 unspecified atom stereocenters. The Labute approximate surface area is 59.6 Å². The van der Waals surface area contributed by atoms with E-state index in [2.05, 4.69) is 11.8 Å². The molecule has 0 nitrogen and oxygen atoms in total. The molecule has 1 radical (unpaired) electrons. The lowest BCUT2D eigenvalue weighted by molar-refractivity contribution is 0.367. The highest BCUT2D eigenvalue weighted by molar-refractivity contribution is 5.18. The van der Waals surface area contributed by atoms with Crippen molar-refractivity contribution in [1.29, 1.82) is 0 Å². The minimum Gasteiger partial charge on any atom is -0.233 e. The first-order valence-electron chi connectivity index (χ1n) is 3.46. The zero-order valence-corrected chi connectivity index (χ0v) is 5.66. The zero-order chi connectivity index (χ0) is 7.40. The summed E-state index contributed by atoms with van der Waals surface area (Å²) in [6, 6.07) is 0. The van der Waals surface area contributed by atoms with Crippen molar-refractivity contribution in [2.24, 2.45) is 0 Å². The number of halogens is 2. The van der Waals surface area contributed by atoms with Crippen molar-refractivity contribution in [3.05, 3.63) is 6.17 Å². The van der Waals surface area contributed by atoms with Crippen LogP contribution in [0.2, 0.25) is 0 Å². The van der Waals surface area contributed by atoms with E-state index in [0.29, 0.717) is 12.8 Å². The van der Waals surface area contributed by atoms with Crippen LogP contribution in [0.15, 0.2) is 0 Å². The highest BCUT2D eigenvalue weighted by atomic mass is 19.1. The normalized spacial score (nSPS) is 28.0. The van der Waals surface area contributed by atoms with Crippen molar-refractivity contribution in [2.75, 3.05) is 0 Å². The maximum Gasteiger partial charge on any atom is 0.215 e. The summed E-state index contributed by atoms with van der Waals surface area (Å²) in [7, 11) is 0. The first-order chi connectivity index (χ1) is 4.79. The van der Waals surface area contributed by atoms with Gasteiger partial charge in [-0.15, -0.1) is 0 Å². The van der Waals surface area contributed by atoms with E-state index in [9.17, 15) is 8.78 Å². The van der Waals surface area contributed by atoms with Gasteiger partial charge in [0.15, 0.2) is 6.17 Å². The second kappa shape index (κ2) is 3.55. The fraction of sp³-hybridized carbons (Fsp3) is 0.625. The fourth-order valence-corrected chi connectivity index (χ4v) is 0.895. The van der Waals surface area contributed by atoms with Crippen LogP contribution in [-0.2, 0) is 0 Å². The average molecular weight is 143 g/mol. The smallest absolute Gasteiger partial charge is 0.215 e. The van der Waals surface area contributed by atoms with E-state index < -0.39 is 6.17 Å². The molecule has 1 rings (SSSR count). The molecule has 0 saturated heterocycles. The Morgan fingerprint density at radius 3 is 3.00 bits per heavy atom. The fourth-order valence-electron chi connectivity index (χ4n) is 0.895. The summed E-state index contributed by atoms with van der Waals surface area (Å²) in [6.45, 7) is 0. The highest BCUT2D eigenvalue weighted by Crippen LogP contribution is 2.16. The lowest BCUT2D eigenvalue weighted by Crippen LogP contribution is -2.00. The lowest BCUT2D eigenvalue weighted by atomic mass is 10.1. The summed E-state index contributed by atoms with van der Waals surface area (Å²) >= 11 is 0. The van der Waals surface area contributed by atoms with Crippen LogP contribution in [-0.4, -0.2) is 6.17 Å². The number of rotatable bonds is 0. The van der Waals surface area contributed by atoms with Crippen molar-refractivity contribution in [2.45, 2.75) is 31.9 Å². The van der Waals surface area contributed by atoms with Gasteiger partial charge in [0.05, 0.1) is 0 Å². The molecule has 0 fully saturated rings. The second-order valence-corrected chi connectivity index (χ2v) is 2.39. The Morgan fingerprint density at radius 2 is 2.20 bits per heavy atom. The molecule has 1 aliphatic rings. The predicted molar refractivity (Wildman–Crippen MR) is 35.5 cm³/mol. The Bertz CT molecular complexity index is 138.